The van der Waals surface area contributed by atoms with Gasteiger partial charge in [0.25, 0.3) is 0 Å². The highest BCUT2D eigenvalue weighted by Gasteiger charge is 2.21. The monoisotopic (exact) mass is 254 g/mol. The summed E-state index contributed by atoms with van der Waals surface area (Å²) < 4.78 is 5.77. The van der Waals surface area contributed by atoms with Crippen LogP contribution in [0.5, 0.6) is 0 Å². The van der Waals surface area contributed by atoms with Gasteiger partial charge in [-0.05, 0) is 26.7 Å². The maximum absolute atomic E-state index is 5.77. The van der Waals surface area contributed by atoms with E-state index in [2.05, 4.69) is 24.1 Å². The van der Waals surface area contributed by atoms with Gasteiger partial charge in [0.2, 0.25) is 0 Å². The van der Waals surface area contributed by atoms with E-state index in [-0.39, 0.29) is 0 Å². The van der Waals surface area contributed by atoms with Crippen molar-refractivity contribution in [1.29, 1.82) is 0 Å². The number of morpholine rings is 1. The standard InChI is InChI=1S/C15H30N2O/c1-13-11-17(12-14(2)18-13)10-9-16-15-7-5-3-4-6-8-15/h13-16H,3-12H2,1-2H3. The van der Waals surface area contributed by atoms with Gasteiger partial charge < -0.3 is 10.1 Å². The third-order valence-electron chi connectivity index (χ3n) is 4.21. The van der Waals surface area contributed by atoms with E-state index < -0.39 is 0 Å². The van der Waals surface area contributed by atoms with Gasteiger partial charge in [-0.25, -0.2) is 0 Å². The molecule has 1 heterocycles. The van der Waals surface area contributed by atoms with Crippen molar-refractivity contribution < 1.29 is 4.74 Å². The van der Waals surface area contributed by atoms with E-state index in [1.165, 1.54) is 45.1 Å². The summed E-state index contributed by atoms with van der Waals surface area (Å²) in [7, 11) is 0. The normalized spacial score (nSPS) is 32.3. The molecule has 2 unspecified atom stereocenters. The summed E-state index contributed by atoms with van der Waals surface area (Å²) in [5.74, 6) is 0. The molecule has 1 saturated carbocycles. The molecule has 0 bridgehead atoms. The fraction of sp³-hybridized carbons (Fsp3) is 1.00. The van der Waals surface area contributed by atoms with Crippen LogP contribution >= 0.6 is 0 Å². The Morgan fingerprint density at radius 1 is 1.00 bits per heavy atom. The lowest BCUT2D eigenvalue weighted by Gasteiger charge is -2.35. The lowest BCUT2D eigenvalue weighted by molar-refractivity contribution is -0.0675. The second-order valence-electron chi connectivity index (χ2n) is 6.16. The van der Waals surface area contributed by atoms with Crippen LogP contribution in [-0.2, 0) is 4.74 Å². The Morgan fingerprint density at radius 3 is 2.22 bits per heavy atom. The average Bonchev–Trinajstić information content (AvgIpc) is 2.56. The van der Waals surface area contributed by atoms with Crippen LogP contribution in [0.1, 0.15) is 52.4 Å². The zero-order valence-electron chi connectivity index (χ0n) is 12.2. The average molecular weight is 254 g/mol. The molecule has 1 aliphatic heterocycles. The molecule has 2 rings (SSSR count). The lowest BCUT2D eigenvalue weighted by Crippen LogP contribution is -2.48. The number of nitrogens with one attached hydrogen (secondary N) is 1. The lowest BCUT2D eigenvalue weighted by atomic mass is 10.1. The molecule has 1 aliphatic carbocycles. The Morgan fingerprint density at radius 2 is 1.61 bits per heavy atom. The van der Waals surface area contributed by atoms with E-state index in [4.69, 9.17) is 4.74 Å². The van der Waals surface area contributed by atoms with Gasteiger partial charge in [-0.3, -0.25) is 4.90 Å². The van der Waals surface area contributed by atoms with Gasteiger partial charge >= 0.3 is 0 Å². The molecule has 0 aromatic heterocycles. The molecule has 2 aliphatic rings. The maximum Gasteiger partial charge on any atom is 0.0678 e. The van der Waals surface area contributed by atoms with Crippen molar-refractivity contribution in [2.45, 2.75) is 70.6 Å². The number of hydrogen-bond acceptors (Lipinski definition) is 3. The Hall–Kier alpha value is -0.120. The van der Waals surface area contributed by atoms with Gasteiger partial charge in [-0.15, -0.1) is 0 Å². The molecular formula is C15H30N2O. The molecule has 2 atom stereocenters. The van der Waals surface area contributed by atoms with Crippen molar-refractivity contribution in [1.82, 2.24) is 10.2 Å². The molecule has 18 heavy (non-hydrogen) atoms. The minimum atomic E-state index is 0.395. The molecule has 0 aromatic carbocycles. The molecule has 3 heteroatoms. The second kappa shape index (κ2) is 7.46. The van der Waals surface area contributed by atoms with Crippen LogP contribution in [0.25, 0.3) is 0 Å². The molecule has 3 nitrogen and oxygen atoms in total. The molecule has 1 N–H and O–H groups in total. The Labute approximate surface area is 112 Å². The van der Waals surface area contributed by atoms with Crippen molar-refractivity contribution in [2.75, 3.05) is 26.2 Å². The Balaban J connectivity index is 1.62. The highest BCUT2D eigenvalue weighted by molar-refractivity contribution is 4.75. The van der Waals surface area contributed by atoms with E-state index in [1.54, 1.807) is 0 Å². The minimum Gasteiger partial charge on any atom is -0.373 e. The second-order valence-corrected chi connectivity index (χ2v) is 6.16. The fourth-order valence-corrected chi connectivity index (χ4v) is 3.38. The molecule has 0 spiro atoms. The Bertz CT molecular complexity index is 217. The third kappa shape index (κ3) is 4.87. The van der Waals surface area contributed by atoms with Gasteiger partial charge in [0, 0.05) is 32.2 Å². The van der Waals surface area contributed by atoms with E-state index in [9.17, 15) is 0 Å². The van der Waals surface area contributed by atoms with Crippen LogP contribution < -0.4 is 5.32 Å². The van der Waals surface area contributed by atoms with Crippen LogP contribution in [0.2, 0.25) is 0 Å². The van der Waals surface area contributed by atoms with Crippen LogP contribution in [0.4, 0.5) is 0 Å². The van der Waals surface area contributed by atoms with E-state index in [1.807, 2.05) is 0 Å². The maximum atomic E-state index is 5.77. The van der Waals surface area contributed by atoms with Crippen LogP contribution in [0, 0.1) is 0 Å². The molecule has 0 radical (unpaired) electrons. The molecule has 106 valence electrons. The van der Waals surface area contributed by atoms with E-state index in [0.717, 1.165) is 25.7 Å². The third-order valence-corrected chi connectivity index (χ3v) is 4.21. The fourth-order valence-electron chi connectivity index (χ4n) is 3.38. The number of nitrogens with zero attached hydrogens (tertiary/aromatic N) is 1. The number of rotatable bonds is 4. The highest BCUT2D eigenvalue weighted by Crippen LogP contribution is 2.17. The minimum absolute atomic E-state index is 0.395. The summed E-state index contributed by atoms with van der Waals surface area (Å²) in [6.07, 6.45) is 9.28. The summed E-state index contributed by atoms with van der Waals surface area (Å²) in [5, 5.41) is 3.76. The summed E-state index contributed by atoms with van der Waals surface area (Å²) in [4.78, 5) is 2.54. The molecular weight excluding hydrogens is 224 g/mol. The summed E-state index contributed by atoms with van der Waals surface area (Å²) >= 11 is 0. The first-order valence-corrected chi connectivity index (χ1v) is 7.85. The van der Waals surface area contributed by atoms with Crippen LogP contribution in [0.3, 0.4) is 0 Å². The van der Waals surface area contributed by atoms with Crippen molar-refractivity contribution in [2.24, 2.45) is 0 Å². The van der Waals surface area contributed by atoms with Gasteiger partial charge in [0.1, 0.15) is 0 Å². The first kappa shape index (κ1) is 14.3. The molecule has 0 aromatic rings. The quantitative estimate of drug-likeness (QED) is 0.780. The van der Waals surface area contributed by atoms with Crippen LogP contribution in [-0.4, -0.2) is 49.3 Å². The van der Waals surface area contributed by atoms with Gasteiger partial charge in [0.05, 0.1) is 12.2 Å². The smallest absolute Gasteiger partial charge is 0.0678 e. The first-order valence-electron chi connectivity index (χ1n) is 7.85. The van der Waals surface area contributed by atoms with E-state index >= 15 is 0 Å². The van der Waals surface area contributed by atoms with Crippen molar-refractivity contribution in [3.8, 4) is 0 Å². The number of hydrogen-bond donors (Lipinski definition) is 1. The van der Waals surface area contributed by atoms with Crippen molar-refractivity contribution >= 4 is 0 Å². The molecule has 0 amide bonds. The summed E-state index contributed by atoms with van der Waals surface area (Å²) in [6, 6.07) is 0.781. The summed E-state index contributed by atoms with van der Waals surface area (Å²) in [6.45, 7) is 8.87. The largest absolute Gasteiger partial charge is 0.373 e. The number of ether oxygens (including phenoxy) is 1. The molecule has 2 fully saturated rings. The van der Waals surface area contributed by atoms with Crippen LogP contribution in [0.15, 0.2) is 0 Å². The SMILES string of the molecule is CC1CN(CCNC2CCCCCC2)CC(C)O1. The zero-order valence-corrected chi connectivity index (χ0v) is 12.2. The van der Waals surface area contributed by atoms with Crippen molar-refractivity contribution in [3.63, 3.8) is 0 Å². The first-order chi connectivity index (χ1) is 8.74. The van der Waals surface area contributed by atoms with E-state index in [0.29, 0.717) is 12.2 Å². The van der Waals surface area contributed by atoms with Gasteiger partial charge in [-0.2, -0.15) is 0 Å². The predicted octanol–water partition coefficient (Wildman–Crippen LogP) is 2.41. The van der Waals surface area contributed by atoms with Gasteiger partial charge in [-0.1, -0.05) is 25.7 Å². The highest BCUT2D eigenvalue weighted by atomic mass is 16.5. The topological polar surface area (TPSA) is 24.5 Å². The molecule has 1 saturated heterocycles. The zero-order chi connectivity index (χ0) is 12.8. The predicted molar refractivity (Wildman–Crippen MR) is 75.9 cm³/mol. The Kier molecular flexibility index (Phi) is 5.93. The summed E-state index contributed by atoms with van der Waals surface area (Å²) in [5.41, 5.74) is 0. The van der Waals surface area contributed by atoms with Crippen molar-refractivity contribution in [3.05, 3.63) is 0 Å². The van der Waals surface area contributed by atoms with Gasteiger partial charge in [0.15, 0.2) is 0 Å².